The predicted molar refractivity (Wildman–Crippen MR) is 75.3 cm³/mol. The number of aromatic nitrogens is 1. The normalized spacial score (nSPS) is 14.0. The van der Waals surface area contributed by atoms with Gasteiger partial charge < -0.3 is 5.32 Å². The Labute approximate surface area is 117 Å². The summed E-state index contributed by atoms with van der Waals surface area (Å²) >= 11 is 0. The molecule has 2 nitrogen and oxygen atoms in total. The summed E-state index contributed by atoms with van der Waals surface area (Å²) in [4.78, 5) is 3.97. The van der Waals surface area contributed by atoms with Crippen molar-refractivity contribution >= 4 is 0 Å². The van der Waals surface area contributed by atoms with Crippen LogP contribution in [0.2, 0.25) is 0 Å². The fraction of sp³-hybridized carbons (Fsp3) is 0.312. The molecule has 0 saturated heterocycles. The number of nitrogens with zero attached hydrogens (tertiary/aromatic N) is 1. The number of hydrogen-bond acceptors (Lipinski definition) is 2. The first-order valence-electron chi connectivity index (χ1n) is 6.66. The summed E-state index contributed by atoms with van der Waals surface area (Å²) in [5.41, 5.74) is 1.23. The molecule has 0 fully saturated rings. The molecule has 0 saturated carbocycles. The molecular weight excluding hydrogens is 258 g/mol. The van der Waals surface area contributed by atoms with E-state index in [1.54, 1.807) is 12.4 Å². The summed E-state index contributed by atoms with van der Waals surface area (Å²) in [5.74, 6) is -0.981. The van der Waals surface area contributed by atoms with Crippen molar-refractivity contribution in [3.8, 4) is 0 Å². The average molecular weight is 276 g/mol. The number of nitrogens with one attached hydrogen (secondary N) is 1. The van der Waals surface area contributed by atoms with Crippen molar-refractivity contribution in [2.75, 3.05) is 0 Å². The zero-order chi connectivity index (χ0) is 14.5. The number of hydrogen-bond donors (Lipinski definition) is 1. The molecule has 0 spiro atoms. The number of pyridine rings is 1. The first-order valence-corrected chi connectivity index (χ1v) is 6.66. The fourth-order valence-corrected chi connectivity index (χ4v) is 2.27. The Morgan fingerprint density at radius 1 is 1.05 bits per heavy atom. The minimum atomic E-state index is -0.491. The van der Waals surface area contributed by atoms with Gasteiger partial charge in [0, 0.05) is 30.0 Å². The van der Waals surface area contributed by atoms with E-state index < -0.39 is 11.6 Å². The smallest absolute Gasteiger partial charge is 0.129 e. The lowest BCUT2D eigenvalue weighted by Crippen LogP contribution is -2.31. The topological polar surface area (TPSA) is 24.9 Å². The van der Waals surface area contributed by atoms with Crippen LogP contribution in [-0.2, 0) is 6.42 Å². The van der Waals surface area contributed by atoms with E-state index in [0.29, 0.717) is 6.42 Å². The Bertz CT molecular complexity index is 537. The Hall–Kier alpha value is -1.81. The molecule has 2 unspecified atom stereocenters. The van der Waals surface area contributed by atoms with E-state index in [4.69, 9.17) is 0 Å². The standard InChI is InChI=1S/C16H18F2N2/c1-11(10-14-15(17)4-3-5-16(14)18)20-12(2)13-6-8-19-9-7-13/h3-9,11-12,20H,10H2,1-2H3. The molecule has 2 rings (SSSR count). The summed E-state index contributed by atoms with van der Waals surface area (Å²) in [7, 11) is 0. The molecule has 1 aromatic carbocycles. The van der Waals surface area contributed by atoms with E-state index in [1.165, 1.54) is 18.2 Å². The highest BCUT2D eigenvalue weighted by molar-refractivity contribution is 5.21. The SMILES string of the molecule is CC(Cc1c(F)cccc1F)NC(C)c1ccncc1. The Morgan fingerprint density at radius 3 is 2.25 bits per heavy atom. The van der Waals surface area contributed by atoms with E-state index in [0.717, 1.165) is 5.56 Å². The highest BCUT2D eigenvalue weighted by atomic mass is 19.1. The van der Waals surface area contributed by atoms with Crippen LogP contribution in [0, 0.1) is 11.6 Å². The van der Waals surface area contributed by atoms with Gasteiger partial charge in [-0.05, 0) is 50.1 Å². The van der Waals surface area contributed by atoms with Gasteiger partial charge in [0.2, 0.25) is 0 Å². The molecule has 0 amide bonds. The van der Waals surface area contributed by atoms with Crippen LogP contribution in [0.1, 0.15) is 31.0 Å². The molecule has 1 aromatic heterocycles. The van der Waals surface area contributed by atoms with E-state index in [2.05, 4.69) is 10.3 Å². The molecule has 0 aliphatic rings. The Morgan fingerprint density at radius 2 is 1.65 bits per heavy atom. The second-order valence-electron chi connectivity index (χ2n) is 4.97. The van der Waals surface area contributed by atoms with Crippen LogP contribution in [0.3, 0.4) is 0 Å². The summed E-state index contributed by atoms with van der Waals surface area (Å²) in [6.45, 7) is 3.94. The third-order valence-corrected chi connectivity index (χ3v) is 3.31. The van der Waals surface area contributed by atoms with Crippen molar-refractivity contribution in [3.05, 3.63) is 65.5 Å². The minimum absolute atomic E-state index is 0.0374. The zero-order valence-corrected chi connectivity index (χ0v) is 11.6. The Kier molecular flexibility index (Phi) is 4.79. The molecule has 4 heteroatoms. The molecular formula is C16H18F2N2. The van der Waals surface area contributed by atoms with Gasteiger partial charge in [-0.25, -0.2) is 8.78 Å². The quantitative estimate of drug-likeness (QED) is 0.901. The van der Waals surface area contributed by atoms with Gasteiger partial charge in [0.1, 0.15) is 11.6 Å². The van der Waals surface area contributed by atoms with Crippen molar-refractivity contribution in [2.45, 2.75) is 32.4 Å². The number of halogens is 2. The molecule has 20 heavy (non-hydrogen) atoms. The van der Waals surface area contributed by atoms with Crippen molar-refractivity contribution in [2.24, 2.45) is 0 Å². The van der Waals surface area contributed by atoms with Crippen LogP contribution in [-0.4, -0.2) is 11.0 Å². The van der Waals surface area contributed by atoms with Crippen LogP contribution in [0.4, 0.5) is 8.78 Å². The maximum Gasteiger partial charge on any atom is 0.129 e. The van der Waals surface area contributed by atoms with Gasteiger partial charge in [0.05, 0.1) is 0 Å². The second-order valence-corrected chi connectivity index (χ2v) is 4.97. The van der Waals surface area contributed by atoms with E-state index in [1.807, 2.05) is 26.0 Å². The third-order valence-electron chi connectivity index (χ3n) is 3.31. The first kappa shape index (κ1) is 14.6. The van der Waals surface area contributed by atoms with Crippen LogP contribution in [0.5, 0.6) is 0 Å². The second kappa shape index (κ2) is 6.57. The van der Waals surface area contributed by atoms with Crippen molar-refractivity contribution in [1.29, 1.82) is 0 Å². The molecule has 0 aliphatic heterocycles. The lowest BCUT2D eigenvalue weighted by Gasteiger charge is -2.20. The summed E-state index contributed by atoms with van der Waals surface area (Å²) < 4.78 is 27.2. The lowest BCUT2D eigenvalue weighted by atomic mass is 10.0. The maximum absolute atomic E-state index is 13.6. The molecule has 0 bridgehead atoms. The van der Waals surface area contributed by atoms with Gasteiger partial charge in [-0.2, -0.15) is 0 Å². The van der Waals surface area contributed by atoms with Gasteiger partial charge >= 0.3 is 0 Å². The van der Waals surface area contributed by atoms with Crippen LogP contribution in [0.25, 0.3) is 0 Å². The van der Waals surface area contributed by atoms with Crippen molar-refractivity contribution < 1.29 is 8.78 Å². The van der Waals surface area contributed by atoms with Crippen molar-refractivity contribution in [1.82, 2.24) is 10.3 Å². The van der Waals surface area contributed by atoms with E-state index >= 15 is 0 Å². The molecule has 1 heterocycles. The predicted octanol–water partition coefficient (Wildman–Crippen LogP) is 3.64. The van der Waals surface area contributed by atoms with Crippen molar-refractivity contribution in [3.63, 3.8) is 0 Å². The number of benzene rings is 1. The zero-order valence-electron chi connectivity index (χ0n) is 11.6. The summed E-state index contributed by atoms with van der Waals surface area (Å²) in [6.07, 6.45) is 3.78. The van der Waals surface area contributed by atoms with E-state index in [9.17, 15) is 8.78 Å². The van der Waals surface area contributed by atoms with Crippen LogP contribution < -0.4 is 5.32 Å². The monoisotopic (exact) mass is 276 g/mol. The highest BCUT2D eigenvalue weighted by Gasteiger charge is 2.14. The van der Waals surface area contributed by atoms with E-state index in [-0.39, 0.29) is 17.6 Å². The van der Waals surface area contributed by atoms with Gasteiger partial charge in [-0.3, -0.25) is 4.98 Å². The molecule has 0 radical (unpaired) electrons. The highest BCUT2D eigenvalue weighted by Crippen LogP contribution is 2.16. The molecule has 2 atom stereocenters. The van der Waals surface area contributed by atoms with Gasteiger partial charge in [-0.1, -0.05) is 6.07 Å². The Balaban J connectivity index is 2.01. The molecule has 1 N–H and O–H groups in total. The summed E-state index contributed by atoms with van der Waals surface area (Å²) in [5, 5.41) is 3.34. The first-order chi connectivity index (χ1) is 9.58. The summed E-state index contributed by atoms with van der Waals surface area (Å²) in [6, 6.07) is 7.87. The lowest BCUT2D eigenvalue weighted by molar-refractivity contribution is 0.457. The number of rotatable bonds is 5. The average Bonchev–Trinajstić information content (AvgIpc) is 2.44. The molecule has 2 aromatic rings. The van der Waals surface area contributed by atoms with Crippen LogP contribution >= 0.6 is 0 Å². The maximum atomic E-state index is 13.6. The van der Waals surface area contributed by atoms with Gasteiger partial charge in [0.15, 0.2) is 0 Å². The van der Waals surface area contributed by atoms with Gasteiger partial charge in [0.25, 0.3) is 0 Å². The third kappa shape index (κ3) is 3.61. The largest absolute Gasteiger partial charge is 0.307 e. The molecule has 0 aliphatic carbocycles. The van der Waals surface area contributed by atoms with Gasteiger partial charge in [-0.15, -0.1) is 0 Å². The fourth-order valence-electron chi connectivity index (χ4n) is 2.27. The minimum Gasteiger partial charge on any atom is -0.307 e. The molecule has 106 valence electrons. The van der Waals surface area contributed by atoms with Crippen LogP contribution in [0.15, 0.2) is 42.7 Å².